The molecule has 0 radical (unpaired) electrons. The summed E-state index contributed by atoms with van der Waals surface area (Å²) in [6.07, 6.45) is 3.73. The van der Waals surface area contributed by atoms with Crippen molar-refractivity contribution in [1.82, 2.24) is 5.32 Å². The Morgan fingerprint density at radius 3 is 2.24 bits per heavy atom. The second kappa shape index (κ2) is 6.83. The topological polar surface area (TPSA) is 36.8 Å². The highest BCUT2D eigenvalue weighted by molar-refractivity contribution is 6.06. The molecule has 0 bridgehead atoms. The quantitative estimate of drug-likeness (QED) is 0.844. The lowest BCUT2D eigenvalue weighted by atomic mass is 9.90. The average Bonchev–Trinajstić information content (AvgIpc) is 2.55. The summed E-state index contributed by atoms with van der Waals surface area (Å²) in [6, 6.07) is 13.0. The number of aryl methyl sites for hydroxylation is 4. The standard InChI is InChI=1S/C22H27N3/c1-6-11-22(20-10-8-16(3)13-18(20)5)24-14-23-21(25-22)19-9-7-15(2)12-17(19)4/h7-10,12-14H,6,11H2,1-5H3,(H,23,24,25). The molecule has 2 aromatic rings. The molecule has 25 heavy (non-hydrogen) atoms. The van der Waals surface area contributed by atoms with Crippen LogP contribution in [0.5, 0.6) is 0 Å². The molecule has 0 saturated heterocycles. The molecule has 3 heteroatoms. The van der Waals surface area contributed by atoms with E-state index in [0.29, 0.717) is 0 Å². The highest BCUT2D eigenvalue weighted by Crippen LogP contribution is 2.36. The van der Waals surface area contributed by atoms with Gasteiger partial charge in [-0.2, -0.15) is 0 Å². The number of benzene rings is 2. The van der Waals surface area contributed by atoms with Crippen molar-refractivity contribution < 1.29 is 0 Å². The molecule has 130 valence electrons. The molecule has 2 aromatic carbocycles. The lowest BCUT2D eigenvalue weighted by Gasteiger charge is -2.31. The number of hydrogen-bond acceptors (Lipinski definition) is 3. The largest absolute Gasteiger partial charge is 0.331 e. The zero-order valence-electron chi connectivity index (χ0n) is 15.9. The van der Waals surface area contributed by atoms with Gasteiger partial charge in [-0.1, -0.05) is 60.9 Å². The fourth-order valence-corrected chi connectivity index (χ4v) is 3.66. The van der Waals surface area contributed by atoms with Crippen LogP contribution in [0.4, 0.5) is 0 Å². The molecule has 0 aromatic heterocycles. The molecule has 1 N–H and O–H groups in total. The zero-order chi connectivity index (χ0) is 18.0. The van der Waals surface area contributed by atoms with Crippen LogP contribution in [-0.2, 0) is 5.66 Å². The molecule has 0 fully saturated rings. The van der Waals surface area contributed by atoms with E-state index in [0.717, 1.165) is 24.2 Å². The van der Waals surface area contributed by atoms with E-state index >= 15 is 0 Å². The lowest BCUT2D eigenvalue weighted by molar-refractivity contribution is 0.421. The molecule has 0 aliphatic carbocycles. The predicted molar refractivity (Wildman–Crippen MR) is 107 cm³/mol. The van der Waals surface area contributed by atoms with Gasteiger partial charge in [-0.15, -0.1) is 0 Å². The Balaban J connectivity index is 2.14. The van der Waals surface area contributed by atoms with Gasteiger partial charge in [0.25, 0.3) is 0 Å². The zero-order valence-corrected chi connectivity index (χ0v) is 15.9. The smallest absolute Gasteiger partial charge is 0.179 e. The number of nitrogens with zero attached hydrogens (tertiary/aromatic N) is 2. The van der Waals surface area contributed by atoms with Gasteiger partial charge < -0.3 is 5.32 Å². The minimum Gasteiger partial charge on any atom is -0.331 e. The van der Waals surface area contributed by atoms with Crippen molar-refractivity contribution in [2.75, 3.05) is 0 Å². The van der Waals surface area contributed by atoms with Crippen LogP contribution in [0.15, 0.2) is 46.4 Å². The summed E-state index contributed by atoms with van der Waals surface area (Å²) in [5.74, 6) is 0.904. The first-order valence-corrected chi connectivity index (χ1v) is 9.00. The second-order valence-electron chi connectivity index (χ2n) is 7.07. The maximum absolute atomic E-state index is 5.13. The molecule has 1 aliphatic heterocycles. The first kappa shape index (κ1) is 17.4. The Kier molecular flexibility index (Phi) is 4.76. The van der Waals surface area contributed by atoms with Crippen LogP contribution in [0.3, 0.4) is 0 Å². The van der Waals surface area contributed by atoms with Gasteiger partial charge in [0.15, 0.2) is 5.66 Å². The maximum atomic E-state index is 5.13. The van der Waals surface area contributed by atoms with Crippen molar-refractivity contribution in [2.45, 2.75) is 53.1 Å². The van der Waals surface area contributed by atoms with E-state index < -0.39 is 5.66 Å². The molecule has 1 aliphatic rings. The molecular formula is C22H27N3. The van der Waals surface area contributed by atoms with E-state index in [2.05, 4.69) is 76.3 Å². The van der Waals surface area contributed by atoms with Gasteiger partial charge >= 0.3 is 0 Å². The first-order chi connectivity index (χ1) is 11.9. The van der Waals surface area contributed by atoms with Gasteiger partial charge in [0, 0.05) is 11.1 Å². The van der Waals surface area contributed by atoms with Crippen LogP contribution in [0.2, 0.25) is 0 Å². The summed E-state index contributed by atoms with van der Waals surface area (Å²) in [5.41, 5.74) is 6.81. The first-order valence-electron chi connectivity index (χ1n) is 9.00. The highest BCUT2D eigenvalue weighted by Gasteiger charge is 2.34. The lowest BCUT2D eigenvalue weighted by Crippen LogP contribution is -2.36. The van der Waals surface area contributed by atoms with Crippen LogP contribution in [0.25, 0.3) is 0 Å². The Labute approximate surface area is 150 Å². The van der Waals surface area contributed by atoms with Gasteiger partial charge in [-0.25, -0.2) is 9.98 Å². The average molecular weight is 333 g/mol. The number of aliphatic imine (C=N–C) groups is 2. The van der Waals surface area contributed by atoms with Crippen LogP contribution in [0, 0.1) is 27.7 Å². The summed E-state index contributed by atoms with van der Waals surface area (Å²) in [7, 11) is 0. The highest BCUT2D eigenvalue weighted by atomic mass is 15.2. The van der Waals surface area contributed by atoms with Crippen LogP contribution in [0.1, 0.15) is 53.1 Å². The van der Waals surface area contributed by atoms with Gasteiger partial charge in [0.2, 0.25) is 0 Å². The van der Waals surface area contributed by atoms with Crippen molar-refractivity contribution >= 4 is 12.2 Å². The van der Waals surface area contributed by atoms with Crippen molar-refractivity contribution in [1.29, 1.82) is 0 Å². The summed E-state index contributed by atoms with van der Waals surface area (Å²) in [4.78, 5) is 9.94. The van der Waals surface area contributed by atoms with Crippen molar-refractivity contribution in [3.8, 4) is 0 Å². The summed E-state index contributed by atoms with van der Waals surface area (Å²) in [5, 5.41) is 3.27. The normalized spacial score (nSPS) is 19.5. The monoisotopic (exact) mass is 333 g/mol. The Morgan fingerprint density at radius 2 is 1.60 bits per heavy atom. The number of hydrogen-bond donors (Lipinski definition) is 1. The van der Waals surface area contributed by atoms with Gasteiger partial charge in [-0.05, 0) is 45.2 Å². The Morgan fingerprint density at radius 1 is 0.920 bits per heavy atom. The molecule has 1 unspecified atom stereocenters. The molecule has 1 heterocycles. The number of rotatable bonds is 4. The molecule has 0 saturated carbocycles. The SMILES string of the molecule is CCCC1(c2ccc(C)cc2C)N=CNC(c2ccc(C)cc2C)=N1. The summed E-state index contributed by atoms with van der Waals surface area (Å²) in [6.45, 7) is 10.7. The van der Waals surface area contributed by atoms with Crippen molar-refractivity contribution in [2.24, 2.45) is 9.98 Å². The molecular weight excluding hydrogens is 306 g/mol. The molecule has 0 spiro atoms. The predicted octanol–water partition coefficient (Wildman–Crippen LogP) is 4.95. The van der Waals surface area contributed by atoms with Crippen LogP contribution >= 0.6 is 0 Å². The van der Waals surface area contributed by atoms with Crippen LogP contribution in [-0.4, -0.2) is 12.2 Å². The Bertz CT molecular complexity index is 848. The number of nitrogens with one attached hydrogen (secondary N) is 1. The second-order valence-corrected chi connectivity index (χ2v) is 7.07. The molecule has 3 rings (SSSR count). The third-order valence-corrected chi connectivity index (χ3v) is 4.83. The minimum atomic E-state index is -0.537. The fraction of sp³-hybridized carbons (Fsp3) is 0.364. The minimum absolute atomic E-state index is 0.537. The third kappa shape index (κ3) is 3.37. The molecule has 3 nitrogen and oxygen atoms in total. The van der Waals surface area contributed by atoms with E-state index in [1.165, 1.54) is 27.8 Å². The van der Waals surface area contributed by atoms with Crippen molar-refractivity contribution in [3.05, 3.63) is 69.8 Å². The van der Waals surface area contributed by atoms with E-state index in [1.54, 1.807) is 0 Å². The van der Waals surface area contributed by atoms with Gasteiger partial charge in [0.05, 0.1) is 6.34 Å². The molecule has 1 atom stereocenters. The fourth-order valence-electron chi connectivity index (χ4n) is 3.66. The maximum Gasteiger partial charge on any atom is 0.179 e. The third-order valence-electron chi connectivity index (χ3n) is 4.83. The van der Waals surface area contributed by atoms with Gasteiger partial charge in [-0.3, -0.25) is 0 Å². The van der Waals surface area contributed by atoms with Crippen LogP contribution < -0.4 is 5.32 Å². The van der Waals surface area contributed by atoms with E-state index in [1.807, 2.05) is 6.34 Å². The van der Waals surface area contributed by atoms with Gasteiger partial charge in [0.1, 0.15) is 5.84 Å². The molecule has 0 amide bonds. The van der Waals surface area contributed by atoms with Crippen molar-refractivity contribution in [3.63, 3.8) is 0 Å². The number of amidine groups is 1. The Hall–Kier alpha value is -2.42. The van der Waals surface area contributed by atoms with E-state index in [4.69, 9.17) is 9.98 Å². The summed E-state index contributed by atoms with van der Waals surface area (Å²) < 4.78 is 0. The summed E-state index contributed by atoms with van der Waals surface area (Å²) >= 11 is 0. The van der Waals surface area contributed by atoms with E-state index in [-0.39, 0.29) is 0 Å². The van der Waals surface area contributed by atoms with E-state index in [9.17, 15) is 0 Å².